The highest BCUT2D eigenvalue weighted by Gasteiger charge is 2.68. The van der Waals surface area contributed by atoms with Crippen molar-refractivity contribution in [1.29, 1.82) is 0 Å². The Hall–Kier alpha value is -5.12. The number of hydrogen-bond donors (Lipinski definition) is 2. The van der Waals surface area contributed by atoms with E-state index < -0.39 is 46.1 Å². The molecule has 226 valence electrons. The average molecular weight is 622 g/mol. The maximum absolute atomic E-state index is 14.2. The number of rotatable bonds is 8. The Kier molecular flexibility index (Phi) is 7.82. The second kappa shape index (κ2) is 11.8. The molecule has 2 heterocycles. The highest BCUT2D eigenvalue weighted by Crippen LogP contribution is 2.51. The summed E-state index contributed by atoms with van der Waals surface area (Å²) in [4.78, 5) is 53.2. The molecule has 0 saturated carbocycles. The molecule has 10 heteroatoms. The Morgan fingerprint density at radius 3 is 2.20 bits per heavy atom. The summed E-state index contributed by atoms with van der Waals surface area (Å²) in [5.74, 6) is -4.77. The first-order chi connectivity index (χ1) is 21.6. The van der Waals surface area contributed by atoms with E-state index in [0.717, 1.165) is 21.6 Å². The predicted octanol–water partition coefficient (Wildman–Crippen LogP) is 6.24. The normalized spacial score (nSPS) is 22.6. The lowest BCUT2D eigenvalue weighted by Crippen LogP contribution is -2.57. The van der Waals surface area contributed by atoms with E-state index >= 15 is 0 Å². The number of hydrogen-bond acceptors (Lipinski definition) is 6. The van der Waals surface area contributed by atoms with Crippen LogP contribution in [0.15, 0.2) is 97.1 Å². The topological polar surface area (TPSA) is 130 Å². The third-order valence-electron chi connectivity index (χ3n) is 8.64. The van der Waals surface area contributed by atoms with Gasteiger partial charge >= 0.3 is 5.97 Å². The molecule has 4 unspecified atom stereocenters. The van der Waals surface area contributed by atoms with Gasteiger partial charge in [-0.25, -0.2) is 4.90 Å². The maximum Gasteiger partial charge on any atom is 0.325 e. The fourth-order valence-electron chi connectivity index (χ4n) is 6.33. The number of anilines is 1. The molecule has 45 heavy (non-hydrogen) atoms. The largest absolute Gasteiger partial charge is 0.480 e. The third kappa shape index (κ3) is 5.41. The minimum atomic E-state index is -1.88. The van der Waals surface area contributed by atoms with E-state index in [1.807, 2.05) is 66.7 Å². The Bertz CT molecular complexity index is 1840. The lowest BCUT2D eigenvalue weighted by atomic mass is 9.76. The summed E-state index contributed by atoms with van der Waals surface area (Å²) in [6.07, 6.45) is 3.74. The van der Waals surface area contributed by atoms with E-state index in [1.54, 1.807) is 19.1 Å². The van der Waals surface area contributed by atoms with E-state index in [4.69, 9.17) is 11.6 Å². The molecule has 4 aromatic carbocycles. The van der Waals surface area contributed by atoms with Crippen LogP contribution >= 0.6 is 11.6 Å². The van der Waals surface area contributed by atoms with Gasteiger partial charge < -0.3 is 5.11 Å². The fraction of sp³-hybridized carbons (Fsp3) is 0.171. The number of nitro benzene ring substituents is 1. The van der Waals surface area contributed by atoms with Gasteiger partial charge in [-0.05, 0) is 46.9 Å². The van der Waals surface area contributed by atoms with Crippen LogP contribution < -0.4 is 10.2 Å². The molecular weight excluding hydrogens is 594 g/mol. The van der Waals surface area contributed by atoms with Crippen LogP contribution in [-0.2, 0) is 20.8 Å². The monoisotopic (exact) mass is 621 g/mol. The lowest BCUT2D eigenvalue weighted by Gasteiger charge is -2.31. The standard InChI is InChI=1S/C35H28ClN3O6/c1-21-7-16-27(19-28(21)36)38-32(40)29-30(33(38)41)35(34(42)43,20-24-12-17-26(18-13-24)39(44)45)37-31(29)25-14-10-23(11-15-25)9-8-22-5-3-2-4-6-22/h2-19,29-31,37H,20H2,1H3,(H,42,43). The van der Waals surface area contributed by atoms with Gasteiger partial charge in [-0.3, -0.25) is 29.8 Å². The number of fused-ring (bicyclic) bond motifs is 1. The Labute approximate surface area is 263 Å². The minimum Gasteiger partial charge on any atom is -0.480 e. The first-order valence-electron chi connectivity index (χ1n) is 14.3. The molecule has 2 aliphatic rings. The van der Waals surface area contributed by atoms with Crippen LogP contribution in [-0.4, -0.2) is 33.4 Å². The number of carbonyl (C=O) groups excluding carboxylic acids is 2. The van der Waals surface area contributed by atoms with Gasteiger partial charge in [-0.1, -0.05) is 96.5 Å². The van der Waals surface area contributed by atoms with Gasteiger partial charge in [0.2, 0.25) is 11.8 Å². The van der Waals surface area contributed by atoms with E-state index in [-0.39, 0.29) is 17.8 Å². The number of carboxylic acids is 1. The van der Waals surface area contributed by atoms with E-state index in [9.17, 15) is 29.6 Å². The van der Waals surface area contributed by atoms with Crippen LogP contribution in [0.2, 0.25) is 5.02 Å². The van der Waals surface area contributed by atoms with Crippen molar-refractivity contribution < 1.29 is 24.4 Å². The van der Waals surface area contributed by atoms with Crippen LogP contribution in [0.1, 0.15) is 33.9 Å². The summed E-state index contributed by atoms with van der Waals surface area (Å²) in [7, 11) is 0. The number of non-ortho nitro benzene ring substituents is 1. The van der Waals surface area contributed by atoms with Crippen molar-refractivity contribution in [2.75, 3.05) is 4.90 Å². The molecule has 2 amide bonds. The van der Waals surface area contributed by atoms with Gasteiger partial charge in [0, 0.05) is 29.6 Å². The molecule has 6 rings (SSSR count). The van der Waals surface area contributed by atoms with Crippen molar-refractivity contribution in [3.8, 4) is 0 Å². The first-order valence-corrected chi connectivity index (χ1v) is 14.7. The van der Waals surface area contributed by atoms with Crippen molar-refractivity contribution in [2.24, 2.45) is 11.8 Å². The number of carbonyl (C=O) groups is 3. The molecule has 9 nitrogen and oxygen atoms in total. The number of amides is 2. The first kappa shape index (κ1) is 29.9. The molecule has 0 bridgehead atoms. The number of aryl methyl sites for hydroxylation is 1. The molecule has 0 spiro atoms. The number of nitrogens with one attached hydrogen (secondary N) is 1. The summed E-state index contributed by atoms with van der Waals surface area (Å²) in [5, 5.41) is 25.5. The number of nitro groups is 1. The number of imide groups is 1. The molecule has 4 atom stereocenters. The van der Waals surface area contributed by atoms with Crippen molar-refractivity contribution >= 4 is 52.9 Å². The predicted molar refractivity (Wildman–Crippen MR) is 171 cm³/mol. The van der Waals surface area contributed by atoms with Crippen molar-refractivity contribution in [3.05, 3.63) is 140 Å². The summed E-state index contributed by atoms with van der Waals surface area (Å²) >= 11 is 6.35. The van der Waals surface area contributed by atoms with Gasteiger partial charge in [0.15, 0.2) is 0 Å². The molecule has 2 N–H and O–H groups in total. The highest BCUT2D eigenvalue weighted by atomic mass is 35.5. The van der Waals surface area contributed by atoms with E-state index in [2.05, 4.69) is 5.32 Å². The zero-order valence-corrected chi connectivity index (χ0v) is 24.8. The van der Waals surface area contributed by atoms with Crippen molar-refractivity contribution in [1.82, 2.24) is 5.32 Å². The summed E-state index contributed by atoms with van der Waals surface area (Å²) in [6, 6.07) is 26.8. The van der Waals surface area contributed by atoms with Gasteiger partial charge in [0.05, 0.1) is 22.4 Å². The van der Waals surface area contributed by atoms with E-state index in [1.165, 1.54) is 30.3 Å². The van der Waals surface area contributed by atoms with Crippen LogP contribution in [0.3, 0.4) is 0 Å². The van der Waals surface area contributed by atoms with Crippen LogP contribution in [0.4, 0.5) is 11.4 Å². The SMILES string of the molecule is Cc1ccc(N2C(=O)C3C(c4ccc(C=Cc5ccccc5)cc4)NC(Cc4ccc([N+](=O)[O-])cc4)(C(=O)O)C3C2=O)cc1Cl. The summed E-state index contributed by atoms with van der Waals surface area (Å²) < 4.78 is 0. The van der Waals surface area contributed by atoms with Crippen LogP contribution in [0.25, 0.3) is 12.2 Å². The number of nitrogens with zero attached hydrogens (tertiary/aromatic N) is 2. The lowest BCUT2D eigenvalue weighted by molar-refractivity contribution is -0.384. The fourth-order valence-corrected chi connectivity index (χ4v) is 6.50. The quantitative estimate of drug-likeness (QED) is 0.103. The Balaban J connectivity index is 1.41. The smallest absolute Gasteiger partial charge is 0.325 e. The molecule has 0 radical (unpaired) electrons. The molecule has 4 aromatic rings. The van der Waals surface area contributed by atoms with Gasteiger partial charge in [0.1, 0.15) is 5.54 Å². The second-order valence-electron chi connectivity index (χ2n) is 11.4. The summed E-state index contributed by atoms with van der Waals surface area (Å²) in [5.41, 5.74) is 2.06. The molecule has 2 saturated heterocycles. The molecular formula is C35H28ClN3O6. The number of carboxylic acid groups (broad SMARTS) is 1. The molecule has 2 aliphatic heterocycles. The summed E-state index contributed by atoms with van der Waals surface area (Å²) in [6.45, 7) is 1.80. The minimum absolute atomic E-state index is 0.144. The zero-order chi connectivity index (χ0) is 31.9. The van der Waals surface area contributed by atoms with Crippen LogP contribution in [0.5, 0.6) is 0 Å². The van der Waals surface area contributed by atoms with Crippen molar-refractivity contribution in [3.63, 3.8) is 0 Å². The Morgan fingerprint density at radius 2 is 1.60 bits per heavy atom. The van der Waals surface area contributed by atoms with Gasteiger partial charge in [-0.2, -0.15) is 0 Å². The van der Waals surface area contributed by atoms with Crippen LogP contribution in [0, 0.1) is 28.9 Å². The maximum atomic E-state index is 14.2. The van der Waals surface area contributed by atoms with Crippen molar-refractivity contribution in [2.45, 2.75) is 24.9 Å². The third-order valence-corrected chi connectivity index (χ3v) is 9.05. The number of halogens is 1. The second-order valence-corrected chi connectivity index (χ2v) is 11.8. The van der Waals surface area contributed by atoms with Gasteiger partial charge in [0.25, 0.3) is 5.69 Å². The van der Waals surface area contributed by atoms with Gasteiger partial charge in [-0.15, -0.1) is 0 Å². The molecule has 0 aliphatic carbocycles. The van der Waals surface area contributed by atoms with E-state index in [0.29, 0.717) is 16.1 Å². The highest BCUT2D eigenvalue weighted by molar-refractivity contribution is 6.32. The number of benzene rings is 4. The average Bonchev–Trinajstić information content (AvgIpc) is 3.52. The molecule has 2 fully saturated rings. The number of aliphatic carboxylic acids is 1. The Morgan fingerprint density at radius 1 is 0.956 bits per heavy atom. The molecule has 0 aromatic heterocycles. The zero-order valence-electron chi connectivity index (χ0n) is 24.1.